The van der Waals surface area contributed by atoms with Gasteiger partial charge in [-0.05, 0) is 24.6 Å². The molecule has 0 aliphatic heterocycles. The van der Waals surface area contributed by atoms with E-state index in [9.17, 15) is 9.59 Å². The third-order valence-electron chi connectivity index (χ3n) is 2.88. The number of rotatable bonds is 5. The smallest absolute Gasteiger partial charge is 0.356 e. The maximum Gasteiger partial charge on any atom is 0.356 e. The molecule has 0 radical (unpaired) electrons. The van der Waals surface area contributed by atoms with Gasteiger partial charge in [0.05, 0.1) is 0 Å². The van der Waals surface area contributed by atoms with E-state index in [-0.39, 0.29) is 5.91 Å². The van der Waals surface area contributed by atoms with Gasteiger partial charge in [-0.25, -0.2) is 9.36 Å². The molecule has 1 N–H and O–H groups in total. The van der Waals surface area contributed by atoms with E-state index < -0.39 is 5.69 Å². The van der Waals surface area contributed by atoms with Crippen LogP contribution in [-0.2, 0) is 0 Å². The zero-order chi connectivity index (χ0) is 14.4. The highest BCUT2D eigenvalue weighted by Crippen LogP contribution is 2.03. The average molecular weight is 271 g/mol. The van der Waals surface area contributed by atoms with Gasteiger partial charge in [0.1, 0.15) is 5.82 Å². The summed E-state index contributed by atoms with van der Waals surface area (Å²) < 4.78 is 1.01. The SMILES string of the molecule is CCCCNc1ccn(C(=O)c2ccccc2)c(=O)n1. The third kappa shape index (κ3) is 3.32. The molecule has 1 heterocycles. The van der Waals surface area contributed by atoms with Crippen molar-refractivity contribution < 1.29 is 4.79 Å². The van der Waals surface area contributed by atoms with E-state index in [1.54, 1.807) is 30.3 Å². The van der Waals surface area contributed by atoms with Crippen molar-refractivity contribution in [2.75, 3.05) is 11.9 Å². The second-order valence-electron chi connectivity index (χ2n) is 4.42. The molecule has 20 heavy (non-hydrogen) atoms. The Morgan fingerprint density at radius 3 is 2.65 bits per heavy atom. The second kappa shape index (κ2) is 6.65. The molecule has 0 fully saturated rings. The van der Waals surface area contributed by atoms with Gasteiger partial charge in [0, 0.05) is 18.3 Å². The monoisotopic (exact) mass is 271 g/mol. The first-order valence-corrected chi connectivity index (χ1v) is 6.65. The Hall–Kier alpha value is -2.43. The van der Waals surface area contributed by atoms with Gasteiger partial charge in [0.2, 0.25) is 0 Å². The van der Waals surface area contributed by atoms with Gasteiger partial charge in [0.25, 0.3) is 5.91 Å². The fraction of sp³-hybridized carbons (Fsp3) is 0.267. The van der Waals surface area contributed by atoms with Crippen LogP contribution in [0.1, 0.15) is 30.1 Å². The summed E-state index contributed by atoms with van der Waals surface area (Å²) in [4.78, 5) is 27.9. The van der Waals surface area contributed by atoms with E-state index in [1.807, 2.05) is 6.07 Å². The number of benzene rings is 1. The number of aromatic nitrogens is 2. The molecule has 5 heteroatoms. The number of unbranched alkanes of at least 4 members (excludes halogenated alkanes) is 1. The highest BCUT2D eigenvalue weighted by Gasteiger charge is 2.10. The lowest BCUT2D eigenvalue weighted by Crippen LogP contribution is -2.29. The van der Waals surface area contributed by atoms with E-state index >= 15 is 0 Å². The normalized spacial score (nSPS) is 10.2. The van der Waals surface area contributed by atoms with Gasteiger partial charge in [-0.3, -0.25) is 4.79 Å². The molecule has 0 atom stereocenters. The Labute approximate surface area is 117 Å². The lowest BCUT2D eigenvalue weighted by atomic mass is 10.2. The van der Waals surface area contributed by atoms with Crippen LogP contribution in [0.15, 0.2) is 47.4 Å². The summed E-state index contributed by atoms with van der Waals surface area (Å²) in [6.45, 7) is 2.85. The van der Waals surface area contributed by atoms with Crippen molar-refractivity contribution in [2.45, 2.75) is 19.8 Å². The fourth-order valence-electron chi connectivity index (χ4n) is 1.77. The molecule has 0 aliphatic carbocycles. The topological polar surface area (TPSA) is 64.0 Å². The Morgan fingerprint density at radius 2 is 2.00 bits per heavy atom. The maximum atomic E-state index is 12.1. The molecule has 0 unspecified atom stereocenters. The van der Waals surface area contributed by atoms with Crippen molar-refractivity contribution in [1.29, 1.82) is 0 Å². The van der Waals surface area contributed by atoms with Crippen LogP contribution >= 0.6 is 0 Å². The van der Waals surface area contributed by atoms with E-state index in [2.05, 4.69) is 17.2 Å². The van der Waals surface area contributed by atoms with Gasteiger partial charge in [-0.2, -0.15) is 4.98 Å². The third-order valence-corrected chi connectivity index (χ3v) is 2.88. The molecule has 2 rings (SSSR count). The van der Waals surface area contributed by atoms with Gasteiger partial charge < -0.3 is 5.32 Å². The lowest BCUT2D eigenvalue weighted by Gasteiger charge is -2.06. The number of hydrogen-bond acceptors (Lipinski definition) is 4. The lowest BCUT2D eigenvalue weighted by molar-refractivity contribution is 0.0954. The first-order chi connectivity index (χ1) is 9.72. The van der Waals surface area contributed by atoms with Crippen LogP contribution in [0.3, 0.4) is 0 Å². The second-order valence-corrected chi connectivity index (χ2v) is 4.42. The quantitative estimate of drug-likeness (QED) is 0.846. The minimum Gasteiger partial charge on any atom is -0.370 e. The fourth-order valence-corrected chi connectivity index (χ4v) is 1.77. The molecule has 0 amide bonds. The number of nitrogens with zero attached hydrogens (tertiary/aromatic N) is 2. The number of hydrogen-bond donors (Lipinski definition) is 1. The average Bonchev–Trinajstić information content (AvgIpc) is 2.48. The zero-order valence-electron chi connectivity index (χ0n) is 11.4. The van der Waals surface area contributed by atoms with E-state index in [0.29, 0.717) is 11.4 Å². The number of carbonyl (C=O) groups is 1. The molecule has 5 nitrogen and oxygen atoms in total. The van der Waals surface area contributed by atoms with E-state index in [4.69, 9.17) is 0 Å². The molecule has 0 bridgehead atoms. The number of anilines is 1. The Bertz CT molecular complexity index is 635. The van der Waals surface area contributed by atoms with Crippen molar-refractivity contribution >= 4 is 11.7 Å². The van der Waals surface area contributed by atoms with Gasteiger partial charge >= 0.3 is 5.69 Å². The van der Waals surface area contributed by atoms with E-state index in [1.165, 1.54) is 6.20 Å². The molecule has 0 spiro atoms. The Kier molecular flexibility index (Phi) is 4.65. The van der Waals surface area contributed by atoms with Gasteiger partial charge in [0.15, 0.2) is 0 Å². The van der Waals surface area contributed by atoms with Crippen LogP contribution in [0.4, 0.5) is 5.82 Å². The molecule has 2 aromatic rings. The van der Waals surface area contributed by atoms with Crippen molar-refractivity contribution in [2.24, 2.45) is 0 Å². The Morgan fingerprint density at radius 1 is 1.25 bits per heavy atom. The van der Waals surface area contributed by atoms with Crippen LogP contribution in [0.2, 0.25) is 0 Å². The summed E-state index contributed by atoms with van der Waals surface area (Å²) in [6, 6.07) is 10.3. The van der Waals surface area contributed by atoms with Crippen LogP contribution in [-0.4, -0.2) is 22.0 Å². The molecule has 1 aromatic carbocycles. The summed E-state index contributed by atoms with van der Waals surface area (Å²) in [6.07, 6.45) is 3.53. The minimum absolute atomic E-state index is 0.372. The van der Waals surface area contributed by atoms with E-state index in [0.717, 1.165) is 24.0 Å². The highest BCUT2D eigenvalue weighted by molar-refractivity contribution is 5.95. The summed E-state index contributed by atoms with van der Waals surface area (Å²) in [7, 11) is 0. The molecular formula is C15H17N3O2. The van der Waals surface area contributed by atoms with Crippen LogP contribution in [0.25, 0.3) is 0 Å². The van der Waals surface area contributed by atoms with Crippen molar-refractivity contribution in [1.82, 2.24) is 9.55 Å². The molecule has 0 aliphatic rings. The summed E-state index contributed by atoms with van der Waals surface area (Å²) in [5.41, 5.74) is -0.108. The maximum absolute atomic E-state index is 12.1. The predicted molar refractivity (Wildman–Crippen MR) is 78.1 cm³/mol. The first-order valence-electron chi connectivity index (χ1n) is 6.65. The summed E-state index contributed by atoms with van der Waals surface area (Å²) in [5, 5.41) is 3.06. The number of carbonyl (C=O) groups excluding carboxylic acids is 1. The molecule has 1 aromatic heterocycles. The molecular weight excluding hydrogens is 254 g/mol. The zero-order valence-corrected chi connectivity index (χ0v) is 11.4. The predicted octanol–water partition coefficient (Wildman–Crippen LogP) is 2.14. The first kappa shape index (κ1) is 14.0. The largest absolute Gasteiger partial charge is 0.370 e. The molecule has 0 saturated carbocycles. The van der Waals surface area contributed by atoms with Gasteiger partial charge in [-0.15, -0.1) is 0 Å². The van der Waals surface area contributed by atoms with Crippen LogP contribution in [0.5, 0.6) is 0 Å². The van der Waals surface area contributed by atoms with Crippen LogP contribution < -0.4 is 11.0 Å². The standard InChI is InChI=1S/C15H17N3O2/c1-2-3-10-16-13-9-11-18(15(20)17-13)14(19)12-7-5-4-6-8-12/h4-9,11H,2-3,10H2,1H3,(H,16,17,20). The molecule has 104 valence electrons. The van der Waals surface area contributed by atoms with Crippen LogP contribution in [0, 0.1) is 0 Å². The highest BCUT2D eigenvalue weighted by atomic mass is 16.2. The summed E-state index contributed by atoms with van der Waals surface area (Å²) >= 11 is 0. The Balaban J connectivity index is 2.18. The minimum atomic E-state index is -0.569. The van der Waals surface area contributed by atoms with Gasteiger partial charge in [-0.1, -0.05) is 31.5 Å². The number of nitrogens with one attached hydrogen (secondary N) is 1. The van der Waals surface area contributed by atoms with Crippen molar-refractivity contribution in [3.8, 4) is 0 Å². The van der Waals surface area contributed by atoms with Crippen molar-refractivity contribution in [3.05, 3.63) is 58.6 Å². The molecule has 0 saturated heterocycles. The summed E-state index contributed by atoms with van der Waals surface area (Å²) in [5.74, 6) is 0.128. The van der Waals surface area contributed by atoms with Crippen molar-refractivity contribution in [3.63, 3.8) is 0 Å².